The molecule has 1 saturated carbocycles. The van der Waals surface area contributed by atoms with Crippen LogP contribution in [0.3, 0.4) is 0 Å². The first-order chi connectivity index (χ1) is 1.89. The average molecular weight is 53.1 g/mol. The lowest BCUT2D eigenvalue weighted by Gasteiger charge is -1.13. The molecule has 1 fully saturated rings. The summed E-state index contributed by atoms with van der Waals surface area (Å²) in [5.74, 6) is 0. The molecule has 0 amide bonds. The Balaban J connectivity index is 2.60. The summed E-state index contributed by atoms with van der Waals surface area (Å²) >= 11 is 0. The summed E-state index contributed by atoms with van der Waals surface area (Å²) in [6.07, 6.45) is 2.36. The van der Waals surface area contributed by atoms with E-state index in [4.69, 9.17) is 6.58 Å². The first kappa shape index (κ1) is 1.92. The molecule has 1 aliphatic carbocycles. The Morgan fingerprint density at radius 2 is 1.75 bits per heavy atom. The topological polar surface area (TPSA) is 0 Å². The quantitative estimate of drug-likeness (QED) is 0.363. The minimum absolute atomic E-state index is 1.17. The van der Waals surface area contributed by atoms with E-state index >= 15 is 0 Å². The number of hydrogen-bond acceptors (Lipinski definition) is 0. The van der Waals surface area contributed by atoms with Crippen LogP contribution in [0.1, 0.15) is 12.8 Å². The van der Waals surface area contributed by atoms with Gasteiger partial charge in [0.25, 0.3) is 0 Å². The second-order valence-corrected chi connectivity index (χ2v) is 1.16. The Kier molecular flexibility index (Phi) is 0.160. The van der Waals surface area contributed by atoms with Gasteiger partial charge in [-0.05, 0) is 0 Å². The molecule has 0 aromatic carbocycles. The fourth-order valence-corrected chi connectivity index (χ4v) is 0.0722. The van der Waals surface area contributed by atoms with Crippen molar-refractivity contribution in [1.82, 2.24) is 0 Å². The maximum atomic E-state index is 5.14. The van der Waals surface area contributed by atoms with Gasteiger partial charge in [0.1, 0.15) is 0 Å². The molecule has 0 heterocycles. The highest BCUT2D eigenvalue weighted by molar-refractivity contribution is 5.07. The largest absolute Gasteiger partial charge is 0.205 e. The third-order valence-electron chi connectivity index (χ3n) is 0.539. The summed E-state index contributed by atoms with van der Waals surface area (Å²) in [5, 5.41) is 0. The van der Waals surface area contributed by atoms with E-state index in [1.807, 2.05) is 0 Å². The van der Waals surface area contributed by atoms with E-state index in [1.54, 1.807) is 0 Å². The van der Waals surface area contributed by atoms with Gasteiger partial charge in [-0.25, -0.2) is 0 Å². The van der Waals surface area contributed by atoms with Crippen LogP contribution in [0.15, 0.2) is 5.57 Å². The molecule has 1 rings (SSSR count). The Morgan fingerprint density at radius 1 is 1.50 bits per heavy atom. The van der Waals surface area contributed by atoms with E-state index in [1.165, 1.54) is 18.4 Å². The molecule has 20 valence electrons. The first-order valence-corrected chi connectivity index (χ1v) is 1.50. The summed E-state index contributed by atoms with van der Waals surface area (Å²) in [4.78, 5) is 0. The van der Waals surface area contributed by atoms with Crippen LogP contribution in [0, 0.1) is 6.58 Å². The van der Waals surface area contributed by atoms with Gasteiger partial charge in [0.2, 0.25) is 6.58 Å². The minimum Gasteiger partial charge on any atom is 0.0261 e. The van der Waals surface area contributed by atoms with Crippen LogP contribution in [-0.4, -0.2) is 0 Å². The highest BCUT2D eigenvalue weighted by Gasteiger charge is 2.17. The fraction of sp³-hybridized carbons (Fsp3) is 0.500. The van der Waals surface area contributed by atoms with Crippen LogP contribution >= 0.6 is 0 Å². The lowest BCUT2D eigenvalue weighted by atomic mass is 10.7. The smallest absolute Gasteiger partial charge is 0.0261 e. The van der Waals surface area contributed by atoms with E-state index in [-0.39, 0.29) is 0 Å². The van der Waals surface area contributed by atoms with E-state index in [0.29, 0.717) is 0 Å². The molecule has 0 spiro atoms. The second kappa shape index (κ2) is 0.334. The second-order valence-electron chi connectivity index (χ2n) is 1.16. The van der Waals surface area contributed by atoms with Crippen molar-refractivity contribution in [3.8, 4) is 0 Å². The Hall–Kier alpha value is -0.350. The van der Waals surface area contributed by atoms with Gasteiger partial charge in [-0.3, -0.25) is 0 Å². The first-order valence-electron chi connectivity index (χ1n) is 1.50. The van der Waals surface area contributed by atoms with Crippen molar-refractivity contribution >= 4 is 0 Å². The van der Waals surface area contributed by atoms with E-state index < -0.39 is 0 Å². The van der Waals surface area contributed by atoms with Gasteiger partial charge < -0.3 is 0 Å². The molecule has 0 saturated heterocycles. The van der Waals surface area contributed by atoms with Gasteiger partial charge in [-0.15, -0.1) is 0 Å². The molecule has 0 aliphatic heterocycles. The number of allylic oxidation sites excluding steroid dienone is 1. The van der Waals surface area contributed by atoms with Crippen LogP contribution in [-0.2, 0) is 0 Å². The predicted molar refractivity (Wildman–Crippen MR) is 17.0 cm³/mol. The van der Waals surface area contributed by atoms with E-state index in [0.717, 1.165) is 0 Å². The van der Waals surface area contributed by atoms with Gasteiger partial charge in [-0.1, -0.05) is 0 Å². The maximum Gasteiger partial charge on any atom is 0.205 e. The summed E-state index contributed by atoms with van der Waals surface area (Å²) in [5.41, 5.74) is 1.17. The summed E-state index contributed by atoms with van der Waals surface area (Å²) in [6.45, 7) is 5.14. The Bertz CT molecular complexity index is 38.0. The molecular formula is C4H5+. The van der Waals surface area contributed by atoms with Crippen molar-refractivity contribution in [3.63, 3.8) is 0 Å². The van der Waals surface area contributed by atoms with Gasteiger partial charge in [0.05, 0.1) is 0 Å². The molecule has 0 atom stereocenters. The molecule has 0 aromatic heterocycles. The Labute approximate surface area is 26.1 Å². The monoisotopic (exact) mass is 53.0 g/mol. The van der Waals surface area contributed by atoms with Crippen molar-refractivity contribution in [2.75, 3.05) is 0 Å². The number of rotatable bonds is 0. The van der Waals surface area contributed by atoms with Crippen LogP contribution in [0.5, 0.6) is 0 Å². The van der Waals surface area contributed by atoms with Gasteiger partial charge >= 0.3 is 0 Å². The lowest BCUT2D eigenvalue weighted by Crippen LogP contribution is -1.13. The van der Waals surface area contributed by atoms with Gasteiger partial charge in [0.15, 0.2) is 5.57 Å². The molecule has 0 N–H and O–H groups in total. The highest BCUT2D eigenvalue weighted by Crippen LogP contribution is 2.23. The highest BCUT2D eigenvalue weighted by atomic mass is 14.1. The third-order valence-corrected chi connectivity index (χ3v) is 0.539. The van der Waals surface area contributed by atoms with Crippen molar-refractivity contribution in [2.24, 2.45) is 0 Å². The minimum atomic E-state index is 1.17. The maximum absolute atomic E-state index is 5.14. The summed E-state index contributed by atoms with van der Waals surface area (Å²) < 4.78 is 0. The molecular weight excluding hydrogens is 48.0 g/mol. The van der Waals surface area contributed by atoms with Crippen LogP contribution in [0.25, 0.3) is 0 Å². The molecule has 0 heteroatoms. The van der Waals surface area contributed by atoms with Crippen LogP contribution in [0.4, 0.5) is 0 Å². The summed E-state index contributed by atoms with van der Waals surface area (Å²) in [7, 11) is 0. The number of hydrogen-bond donors (Lipinski definition) is 0. The van der Waals surface area contributed by atoms with Crippen molar-refractivity contribution < 1.29 is 0 Å². The van der Waals surface area contributed by atoms with Gasteiger partial charge in [-0.2, -0.15) is 0 Å². The zero-order chi connectivity index (χ0) is 2.99. The van der Waals surface area contributed by atoms with Crippen LogP contribution < -0.4 is 0 Å². The zero-order valence-electron chi connectivity index (χ0n) is 2.49. The molecule has 0 unspecified atom stereocenters. The van der Waals surface area contributed by atoms with E-state index in [9.17, 15) is 0 Å². The standard InChI is InChI=1S/C4H5/c1-4-2-3-4/h1H,2-3H2/q+1. The fourth-order valence-electron chi connectivity index (χ4n) is 0.0722. The summed E-state index contributed by atoms with van der Waals surface area (Å²) in [6, 6.07) is 0. The molecule has 0 nitrogen and oxygen atoms in total. The molecule has 0 radical (unpaired) electrons. The van der Waals surface area contributed by atoms with Crippen molar-refractivity contribution in [2.45, 2.75) is 12.8 Å². The van der Waals surface area contributed by atoms with E-state index in [2.05, 4.69) is 0 Å². The van der Waals surface area contributed by atoms with Crippen molar-refractivity contribution in [3.05, 3.63) is 12.2 Å². The van der Waals surface area contributed by atoms with Crippen molar-refractivity contribution in [1.29, 1.82) is 0 Å². The molecule has 4 heavy (non-hydrogen) atoms. The molecule has 0 bridgehead atoms. The average Bonchev–Trinajstić information content (AvgIpc) is 1.75. The normalized spacial score (nSPS) is 21.2. The molecule has 0 aromatic rings. The third kappa shape index (κ3) is 0.0993. The Morgan fingerprint density at radius 3 is 1.75 bits per heavy atom. The lowest BCUT2D eigenvalue weighted by molar-refractivity contribution is 1.50. The zero-order valence-corrected chi connectivity index (χ0v) is 2.49. The van der Waals surface area contributed by atoms with Gasteiger partial charge in [0, 0.05) is 12.8 Å². The molecule has 1 aliphatic rings. The van der Waals surface area contributed by atoms with Crippen LogP contribution in [0.2, 0.25) is 0 Å². The predicted octanol–water partition coefficient (Wildman–Crippen LogP) is 1.14. The SMILES string of the molecule is [CH+]=C1CC1.